The van der Waals surface area contributed by atoms with Gasteiger partial charge in [0.2, 0.25) is 5.91 Å². The van der Waals surface area contributed by atoms with E-state index in [0.29, 0.717) is 6.54 Å². The number of pyridine rings is 1. The van der Waals surface area contributed by atoms with Crippen molar-refractivity contribution in [3.05, 3.63) is 54.4 Å². The lowest BCUT2D eigenvalue weighted by atomic mass is 10.1. The molecule has 1 fully saturated rings. The molecule has 2 N–H and O–H groups in total. The summed E-state index contributed by atoms with van der Waals surface area (Å²) < 4.78 is 26.2. The fourth-order valence-electron chi connectivity index (χ4n) is 2.57. The van der Waals surface area contributed by atoms with Gasteiger partial charge in [0.25, 0.3) is 5.92 Å². The standard InChI is InChI=1S/C17H17F2N3O/c18-17(19)9-15(22-11-17)16(23)21-10-12-1-3-13(4-2-12)14-5-7-20-8-6-14/h1-8,15,22H,9-11H2,(H,21,23). The van der Waals surface area contributed by atoms with Crippen LogP contribution in [-0.2, 0) is 11.3 Å². The van der Waals surface area contributed by atoms with Crippen molar-refractivity contribution >= 4 is 5.91 Å². The number of nitrogens with zero attached hydrogens (tertiary/aromatic N) is 1. The Morgan fingerprint density at radius 2 is 1.83 bits per heavy atom. The van der Waals surface area contributed by atoms with Crippen LogP contribution in [0, 0.1) is 0 Å². The van der Waals surface area contributed by atoms with Crippen LogP contribution in [-0.4, -0.2) is 29.4 Å². The summed E-state index contributed by atoms with van der Waals surface area (Å²) in [7, 11) is 0. The van der Waals surface area contributed by atoms with E-state index >= 15 is 0 Å². The molecule has 1 aliphatic heterocycles. The number of alkyl halides is 2. The molecule has 0 radical (unpaired) electrons. The number of carbonyl (C=O) groups is 1. The molecule has 1 saturated heterocycles. The van der Waals surface area contributed by atoms with Gasteiger partial charge in [0.1, 0.15) is 0 Å². The van der Waals surface area contributed by atoms with E-state index in [9.17, 15) is 13.6 Å². The number of hydrogen-bond acceptors (Lipinski definition) is 3. The first-order valence-electron chi connectivity index (χ1n) is 7.42. The minimum atomic E-state index is -2.80. The van der Waals surface area contributed by atoms with E-state index in [0.717, 1.165) is 16.7 Å². The number of hydrogen-bond donors (Lipinski definition) is 2. The van der Waals surface area contributed by atoms with Gasteiger partial charge in [-0.2, -0.15) is 0 Å². The Kier molecular flexibility index (Phi) is 4.34. The first-order valence-corrected chi connectivity index (χ1v) is 7.42. The number of benzene rings is 1. The maximum Gasteiger partial charge on any atom is 0.262 e. The smallest absolute Gasteiger partial charge is 0.262 e. The Morgan fingerprint density at radius 3 is 2.43 bits per heavy atom. The van der Waals surface area contributed by atoms with Gasteiger partial charge < -0.3 is 5.32 Å². The average Bonchev–Trinajstić information content (AvgIpc) is 2.94. The topological polar surface area (TPSA) is 54.0 Å². The molecule has 0 saturated carbocycles. The van der Waals surface area contributed by atoms with E-state index in [1.165, 1.54) is 0 Å². The number of amides is 1. The molecule has 0 spiro atoms. The van der Waals surface area contributed by atoms with E-state index in [2.05, 4.69) is 15.6 Å². The first-order chi connectivity index (χ1) is 11.0. The molecular weight excluding hydrogens is 300 g/mol. The Labute approximate surface area is 132 Å². The molecule has 1 unspecified atom stereocenters. The van der Waals surface area contributed by atoms with Crippen molar-refractivity contribution in [2.24, 2.45) is 0 Å². The summed E-state index contributed by atoms with van der Waals surface area (Å²) in [6.45, 7) is -0.120. The Bertz CT molecular complexity index is 674. The van der Waals surface area contributed by atoms with Crippen molar-refractivity contribution < 1.29 is 13.6 Å². The Hall–Kier alpha value is -2.34. The highest BCUT2D eigenvalue weighted by Gasteiger charge is 2.42. The fraction of sp³-hybridized carbons (Fsp3) is 0.294. The zero-order chi connectivity index (χ0) is 16.3. The van der Waals surface area contributed by atoms with E-state index in [4.69, 9.17) is 0 Å². The lowest BCUT2D eigenvalue weighted by Gasteiger charge is -2.11. The van der Waals surface area contributed by atoms with Crippen molar-refractivity contribution in [2.75, 3.05) is 6.54 Å². The number of nitrogens with one attached hydrogen (secondary N) is 2. The van der Waals surface area contributed by atoms with Crippen LogP contribution in [0.4, 0.5) is 8.78 Å². The zero-order valence-electron chi connectivity index (χ0n) is 12.4. The minimum absolute atomic E-state index is 0.319. The van der Waals surface area contributed by atoms with Crippen LogP contribution in [0.3, 0.4) is 0 Å². The molecule has 2 aromatic rings. The molecule has 120 valence electrons. The van der Waals surface area contributed by atoms with Crippen LogP contribution >= 0.6 is 0 Å². The average molecular weight is 317 g/mol. The van der Waals surface area contributed by atoms with Crippen molar-refractivity contribution in [1.29, 1.82) is 0 Å². The molecule has 23 heavy (non-hydrogen) atoms. The summed E-state index contributed by atoms with van der Waals surface area (Å²) in [5.74, 6) is -3.19. The van der Waals surface area contributed by atoms with Gasteiger partial charge in [-0.1, -0.05) is 24.3 Å². The molecule has 1 aliphatic rings. The summed E-state index contributed by atoms with van der Waals surface area (Å²) in [4.78, 5) is 15.9. The summed E-state index contributed by atoms with van der Waals surface area (Å²) in [6.07, 6.45) is 3.02. The van der Waals surface area contributed by atoms with Gasteiger partial charge in [0, 0.05) is 25.4 Å². The third kappa shape index (κ3) is 3.90. The second-order valence-corrected chi connectivity index (χ2v) is 5.64. The van der Waals surface area contributed by atoms with Gasteiger partial charge in [0.15, 0.2) is 0 Å². The molecule has 2 heterocycles. The minimum Gasteiger partial charge on any atom is -0.351 e. The highest BCUT2D eigenvalue weighted by molar-refractivity contribution is 5.82. The fourth-order valence-corrected chi connectivity index (χ4v) is 2.57. The summed E-state index contributed by atoms with van der Waals surface area (Å²) in [5, 5.41) is 5.24. The first kappa shape index (κ1) is 15.6. The van der Waals surface area contributed by atoms with Gasteiger partial charge in [-0.15, -0.1) is 0 Å². The predicted molar refractivity (Wildman–Crippen MR) is 82.9 cm³/mol. The van der Waals surface area contributed by atoms with Gasteiger partial charge in [-0.05, 0) is 28.8 Å². The zero-order valence-corrected chi connectivity index (χ0v) is 12.4. The van der Waals surface area contributed by atoms with Gasteiger partial charge in [-0.25, -0.2) is 8.78 Å². The molecule has 1 amide bonds. The number of carbonyl (C=O) groups excluding carboxylic acids is 1. The van der Waals surface area contributed by atoms with Crippen molar-refractivity contribution in [3.63, 3.8) is 0 Å². The van der Waals surface area contributed by atoms with E-state index in [-0.39, 0.29) is 5.91 Å². The predicted octanol–water partition coefficient (Wildman–Crippen LogP) is 2.36. The van der Waals surface area contributed by atoms with E-state index in [1.807, 2.05) is 36.4 Å². The second-order valence-electron chi connectivity index (χ2n) is 5.64. The third-order valence-corrected chi connectivity index (χ3v) is 3.86. The summed E-state index contributed by atoms with van der Waals surface area (Å²) in [5.41, 5.74) is 3.04. The van der Waals surface area contributed by atoms with Gasteiger partial charge >= 0.3 is 0 Å². The van der Waals surface area contributed by atoms with Crippen LogP contribution in [0.25, 0.3) is 11.1 Å². The van der Waals surface area contributed by atoms with Crippen LogP contribution in [0.2, 0.25) is 0 Å². The van der Waals surface area contributed by atoms with Crippen LogP contribution in [0.1, 0.15) is 12.0 Å². The highest BCUT2D eigenvalue weighted by atomic mass is 19.3. The maximum atomic E-state index is 13.1. The van der Waals surface area contributed by atoms with Crippen LogP contribution < -0.4 is 10.6 Å². The van der Waals surface area contributed by atoms with Gasteiger partial charge in [-0.3, -0.25) is 15.1 Å². The molecule has 3 rings (SSSR count). The number of halogens is 2. The van der Waals surface area contributed by atoms with Gasteiger partial charge in [0.05, 0.1) is 12.6 Å². The molecule has 4 nitrogen and oxygen atoms in total. The molecule has 6 heteroatoms. The Morgan fingerprint density at radius 1 is 1.17 bits per heavy atom. The quantitative estimate of drug-likeness (QED) is 0.910. The van der Waals surface area contributed by atoms with E-state index < -0.39 is 24.9 Å². The van der Waals surface area contributed by atoms with Crippen LogP contribution in [0.15, 0.2) is 48.8 Å². The summed E-state index contributed by atoms with van der Waals surface area (Å²) >= 11 is 0. The lowest BCUT2D eigenvalue weighted by molar-refractivity contribution is -0.123. The molecule has 0 bridgehead atoms. The highest BCUT2D eigenvalue weighted by Crippen LogP contribution is 2.25. The second kappa shape index (κ2) is 6.42. The van der Waals surface area contributed by atoms with Crippen molar-refractivity contribution in [3.8, 4) is 11.1 Å². The van der Waals surface area contributed by atoms with Crippen molar-refractivity contribution in [1.82, 2.24) is 15.6 Å². The third-order valence-electron chi connectivity index (χ3n) is 3.86. The normalized spacial score (nSPS) is 19.5. The molecule has 0 aliphatic carbocycles. The van der Waals surface area contributed by atoms with Crippen LogP contribution in [0.5, 0.6) is 0 Å². The number of rotatable bonds is 4. The molecule has 1 aromatic carbocycles. The summed E-state index contributed by atoms with van der Waals surface area (Å²) in [6, 6.07) is 10.8. The molecule has 1 atom stereocenters. The number of aromatic nitrogens is 1. The van der Waals surface area contributed by atoms with E-state index in [1.54, 1.807) is 12.4 Å². The largest absolute Gasteiger partial charge is 0.351 e. The monoisotopic (exact) mass is 317 g/mol. The molecular formula is C17H17F2N3O. The Balaban J connectivity index is 1.56. The van der Waals surface area contributed by atoms with Crippen molar-refractivity contribution in [2.45, 2.75) is 24.9 Å². The SMILES string of the molecule is O=C(NCc1ccc(-c2ccncc2)cc1)C1CC(F)(F)CN1. The molecule has 1 aromatic heterocycles. The lowest BCUT2D eigenvalue weighted by Crippen LogP contribution is -2.40. The maximum absolute atomic E-state index is 13.1.